The van der Waals surface area contributed by atoms with E-state index in [2.05, 4.69) is 15.0 Å². The summed E-state index contributed by atoms with van der Waals surface area (Å²) in [5.74, 6) is 1.17. The molecule has 5 nitrogen and oxygen atoms in total. The Morgan fingerprint density at radius 3 is 2.78 bits per heavy atom. The summed E-state index contributed by atoms with van der Waals surface area (Å²) < 4.78 is 4.57. The van der Waals surface area contributed by atoms with Crippen LogP contribution in [0.15, 0.2) is 4.99 Å². The number of hydrogen-bond donors (Lipinski definition) is 2. The molecule has 0 bridgehead atoms. The Balaban J connectivity index is 1.91. The number of methoxy groups -OCH3 is 1. The van der Waals surface area contributed by atoms with Crippen LogP contribution in [0.1, 0.15) is 44.9 Å². The maximum absolute atomic E-state index is 10.9. The molecule has 5 heteroatoms. The molecule has 0 aromatic heterocycles. The van der Waals surface area contributed by atoms with Crippen molar-refractivity contribution in [3.8, 4) is 0 Å². The van der Waals surface area contributed by atoms with Gasteiger partial charge in [-0.3, -0.25) is 9.79 Å². The van der Waals surface area contributed by atoms with Gasteiger partial charge in [0.1, 0.15) is 0 Å². The molecule has 0 amide bonds. The highest BCUT2D eigenvalue weighted by molar-refractivity contribution is 5.77. The van der Waals surface area contributed by atoms with Crippen LogP contribution < -0.4 is 11.1 Å². The Labute approximate surface area is 109 Å². The first kappa shape index (κ1) is 14.8. The van der Waals surface area contributed by atoms with Crippen LogP contribution in [0.4, 0.5) is 0 Å². The Hall–Kier alpha value is -1.26. The molecule has 0 unspecified atom stereocenters. The van der Waals surface area contributed by atoms with Crippen molar-refractivity contribution in [3.05, 3.63) is 0 Å². The summed E-state index contributed by atoms with van der Waals surface area (Å²) in [5.41, 5.74) is 5.75. The van der Waals surface area contributed by atoms with E-state index in [9.17, 15) is 4.79 Å². The molecule has 0 aromatic rings. The molecular weight excluding hydrogens is 230 g/mol. The zero-order valence-corrected chi connectivity index (χ0v) is 11.3. The van der Waals surface area contributed by atoms with E-state index in [1.807, 2.05) is 0 Å². The molecule has 0 spiro atoms. The molecule has 1 aliphatic carbocycles. The van der Waals surface area contributed by atoms with Gasteiger partial charge in [0, 0.05) is 19.5 Å². The summed E-state index contributed by atoms with van der Waals surface area (Å²) in [4.78, 5) is 15.2. The minimum absolute atomic E-state index is 0.135. The number of aliphatic imine (C=N–C) groups is 1. The first-order valence-corrected chi connectivity index (χ1v) is 6.83. The lowest BCUT2D eigenvalue weighted by Gasteiger charge is -2.23. The fourth-order valence-electron chi connectivity index (χ4n) is 1.85. The second-order valence-corrected chi connectivity index (χ2v) is 4.84. The Morgan fingerprint density at radius 1 is 1.39 bits per heavy atom. The summed E-state index contributed by atoms with van der Waals surface area (Å²) >= 11 is 0. The molecule has 1 fully saturated rings. The Bertz CT molecular complexity index is 275. The molecule has 1 rings (SSSR count). The number of unbranched alkanes of at least 4 members (excludes halogenated alkanes) is 2. The molecule has 0 saturated heterocycles. The van der Waals surface area contributed by atoms with Gasteiger partial charge in [0.05, 0.1) is 7.11 Å². The van der Waals surface area contributed by atoms with Crippen LogP contribution in [0.5, 0.6) is 0 Å². The van der Waals surface area contributed by atoms with Gasteiger partial charge in [0.25, 0.3) is 0 Å². The number of ether oxygens (including phenoxy) is 1. The molecule has 0 atom stereocenters. The average molecular weight is 255 g/mol. The number of carbonyl (C=O) groups is 1. The lowest BCUT2D eigenvalue weighted by atomic mass is 9.86. The normalized spacial score (nSPS) is 16.2. The van der Waals surface area contributed by atoms with E-state index in [0.29, 0.717) is 12.4 Å². The second kappa shape index (κ2) is 8.78. The summed E-state index contributed by atoms with van der Waals surface area (Å²) in [6, 6.07) is 0. The number of rotatable bonds is 8. The van der Waals surface area contributed by atoms with E-state index in [1.165, 1.54) is 26.4 Å². The van der Waals surface area contributed by atoms with E-state index in [0.717, 1.165) is 38.3 Å². The molecule has 3 N–H and O–H groups in total. The topological polar surface area (TPSA) is 76.7 Å². The second-order valence-electron chi connectivity index (χ2n) is 4.84. The maximum atomic E-state index is 10.9. The van der Waals surface area contributed by atoms with Crippen molar-refractivity contribution in [1.29, 1.82) is 0 Å². The lowest BCUT2D eigenvalue weighted by molar-refractivity contribution is -0.140. The number of hydrogen-bond acceptors (Lipinski definition) is 3. The molecule has 1 saturated carbocycles. The van der Waals surface area contributed by atoms with Gasteiger partial charge in [-0.2, -0.15) is 0 Å². The van der Waals surface area contributed by atoms with E-state index < -0.39 is 0 Å². The quantitative estimate of drug-likeness (QED) is 0.298. The fourth-order valence-corrected chi connectivity index (χ4v) is 1.85. The van der Waals surface area contributed by atoms with Gasteiger partial charge in [-0.15, -0.1) is 0 Å². The number of carbonyl (C=O) groups excluding carboxylic acids is 1. The number of nitrogens with zero attached hydrogens (tertiary/aromatic N) is 1. The van der Waals surface area contributed by atoms with Crippen LogP contribution >= 0.6 is 0 Å². The minimum atomic E-state index is -0.135. The molecule has 1 aliphatic rings. The first-order valence-electron chi connectivity index (χ1n) is 6.83. The number of esters is 1. The van der Waals surface area contributed by atoms with Crippen LogP contribution in [0.2, 0.25) is 0 Å². The van der Waals surface area contributed by atoms with Crippen molar-refractivity contribution in [2.24, 2.45) is 16.6 Å². The molecule has 0 aliphatic heterocycles. The molecule has 0 heterocycles. The third-order valence-electron chi connectivity index (χ3n) is 3.34. The molecule has 0 aromatic carbocycles. The third-order valence-corrected chi connectivity index (χ3v) is 3.34. The van der Waals surface area contributed by atoms with E-state index in [-0.39, 0.29) is 5.97 Å². The highest BCUT2D eigenvalue weighted by Gasteiger charge is 2.16. The van der Waals surface area contributed by atoms with Crippen molar-refractivity contribution in [2.75, 3.05) is 20.2 Å². The van der Waals surface area contributed by atoms with Crippen LogP contribution in [0, 0.1) is 5.92 Å². The van der Waals surface area contributed by atoms with Crippen LogP contribution in [-0.2, 0) is 9.53 Å². The SMILES string of the molecule is COC(=O)CCCCCNC(N)=NCC1CCC1. The first-order chi connectivity index (χ1) is 8.72. The number of nitrogens with one attached hydrogen (secondary N) is 1. The van der Waals surface area contributed by atoms with Crippen LogP contribution in [0.3, 0.4) is 0 Å². The highest BCUT2D eigenvalue weighted by Crippen LogP contribution is 2.26. The van der Waals surface area contributed by atoms with Crippen molar-refractivity contribution in [2.45, 2.75) is 44.9 Å². The molecule has 104 valence electrons. The number of nitrogens with two attached hydrogens (primary N) is 1. The molecule has 18 heavy (non-hydrogen) atoms. The van der Waals surface area contributed by atoms with Gasteiger partial charge in [-0.25, -0.2) is 0 Å². The summed E-state index contributed by atoms with van der Waals surface area (Å²) in [6.07, 6.45) is 7.30. The van der Waals surface area contributed by atoms with Crippen molar-refractivity contribution in [1.82, 2.24) is 5.32 Å². The zero-order chi connectivity index (χ0) is 13.2. The largest absolute Gasteiger partial charge is 0.469 e. The Kier molecular flexibility index (Phi) is 7.22. The zero-order valence-electron chi connectivity index (χ0n) is 11.3. The highest BCUT2D eigenvalue weighted by atomic mass is 16.5. The van der Waals surface area contributed by atoms with E-state index in [4.69, 9.17) is 5.73 Å². The van der Waals surface area contributed by atoms with Gasteiger partial charge in [0.2, 0.25) is 0 Å². The van der Waals surface area contributed by atoms with E-state index in [1.54, 1.807) is 0 Å². The third kappa shape index (κ3) is 6.47. The average Bonchev–Trinajstić information content (AvgIpc) is 2.31. The Morgan fingerprint density at radius 2 is 2.17 bits per heavy atom. The molecular formula is C13H25N3O2. The fraction of sp³-hybridized carbons (Fsp3) is 0.846. The smallest absolute Gasteiger partial charge is 0.305 e. The predicted molar refractivity (Wildman–Crippen MR) is 72.3 cm³/mol. The minimum Gasteiger partial charge on any atom is -0.469 e. The van der Waals surface area contributed by atoms with Gasteiger partial charge in [-0.1, -0.05) is 12.8 Å². The van der Waals surface area contributed by atoms with Gasteiger partial charge in [0.15, 0.2) is 5.96 Å². The predicted octanol–water partition coefficient (Wildman–Crippen LogP) is 1.42. The number of guanidine groups is 1. The summed E-state index contributed by atoms with van der Waals surface area (Å²) in [7, 11) is 1.42. The summed E-state index contributed by atoms with van der Waals surface area (Å²) in [5, 5.41) is 3.10. The van der Waals surface area contributed by atoms with Crippen molar-refractivity contribution >= 4 is 11.9 Å². The summed E-state index contributed by atoms with van der Waals surface area (Å²) in [6.45, 7) is 1.68. The van der Waals surface area contributed by atoms with Gasteiger partial charge in [-0.05, 0) is 31.6 Å². The van der Waals surface area contributed by atoms with Crippen molar-refractivity contribution < 1.29 is 9.53 Å². The van der Waals surface area contributed by atoms with Crippen molar-refractivity contribution in [3.63, 3.8) is 0 Å². The van der Waals surface area contributed by atoms with Crippen LogP contribution in [0.25, 0.3) is 0 Å². The standard InChI is InChI=1S/C13H25N3O2/c1-18-12(17)8-3-2-4-9-15-13(14)16-10-11-6-5-7-11/h11H,2-10H2,1H3,(H3,14,15,16). The van der Waals surface area contributed by atoms with Gasteiger partial charge >= 0.3 is 5.97 Å². The maximum Gasteiger partial charge on any atom is 0.305 e. The van der Waals surface area contributed by atoms with E-state index >= 15 is 0 Å². The van der Waals surface area contributed by atoms with Gasteiger partial charge < -0.3 is 15.8 Å². The lowest BCUT2D eigenvalue weighted by Crippen LogP contribution is -2.33. The molecule has 0 radical (unpaired) electrons. The van der Waals surface area contributed by atoms with Crippen LogP contribution in [-0.4, -0.2) is 32.1 Å². The monoisotopic (exact) mass is 255 g/mol.